The number of rotatable bonds is 4. The third-order valence-corrected chi connectivity index (χ3v) is 3.99. The summed E-state index contributed by atoms with van der Waals surface area (Å²) in [6, 6.07) is 4.54. The number of piperidine rings is 1. The fourth-order valence-corrected chi connectivity index (χ4v) is 2.82. The molecule has 2 rings (SSSR count). The SMILES string of the molecule is CNCCC1CCN(C(=O)c2cc(C)cc(F)c2)CC1. The molecule has 1 aliphatic heterocycles. The number of benzene rings is 1. The minimum Gasteiger partial charge on any atom is -0.339 e. The lowest BCUT2D eigenvalue weighted by atomic mass is 9.93. The maximum absolute atomic E-state index is 13.4. The maximum Gasteiger partial charge on any atom is 0.253 e. The van der Waals surface area contributed by atoms with E-state index in [9.17, 15) is 9.18 Å². The fourth-order valence-electron chi connectivity index (χ4n) is 2.82. The molecule has 0 aliphatic carbocycles. The molecular weight excluding hydrogens is 255 g/mol. The minimum absolute atomic E-state index is 0.0420. The third-order valence-electron chi connectivity index (χ3n) is 3.99. The summed E-state index contributed by atoms with van der Waals surface area (Å²) in [4.78, 5) is 14.2. The van der Waals surface area contributed by atoms with Crippen molar-refractivity contribution in [2.24, 2.45) is 5.92 Å². The zero-order chi connectivity index (χ0) is 14.5. The van der Waals surface area contributed by atoms with Crippen LogP contribution in [0.5, 0.6) is 0 Å². The fraction of sp³-hybridized carbons (Fsp3) is 0.562. The van der Waals surface area contributed by atoms with E-state index in [-0.39, 0.29) is 11.7 Å². The summed E-state index contributed by atoms with van der Waals surface area (Å²) in [5.41, 5.74) is 1.26. The monoisotopic (exact) mass is 278 g/mol. The van der Waals surface area contributed by atoms with Gasteiger partial charge in [-0.15, -0.1) is 0 Å². The Morgan fingerprint density at radius 1 is 1.35 bits per heavy atom. The molecule has 1 saturated heterocycles. The van der Waals surface area contributed by atoms with Gasteiger partial charge in [-0.3, -0.25) is 4.79 Å². The first kappa shape index (κ1) is 15.0. The van der Waals surface area contributed by atoms with E-state index in [1.165, 1.54) is 12.1 Å². The molecule has 0 atom stereocenters. The molecule has 0 radical (unpaired) electrons. The second-order valence-corrected chi connectivity index (χ2v) is 5.65. The summed E-state index contributed by atoms with van der Waals surface area (Å²) in [7, 11) is 1.96. The summed E-state index contributed by atoms with van der Waals surface area (Å²) in [5, 5.41) is 3.17. The Kier molecular flexibility index (Phi) is 5.12. The highest BCUT2D eigenvalue weighted by Crippen LogP contribution is 2.22. The minimum atomic E-state index is -0.336. The zero-order valence-electron chi connectivity index (χ0n) is 12.3. The third kappa shape index (κ3) is 3.79. The van der Waals surface area contributed by atoms with Crippen LogP contribution in [0.25, 0.3) is 0 Å². The lowest BCUT2D eigenvalue weighted by molar-refractivity contribution is 0.0686. The first-order chi connectivity index (χ1) is 9.60. The highest BCUT2D eigenvalue weighted by atomic mass is 19.1. The van der Waals surface area contributed by atoms with Crippen molar-refractivity contribution in [1.82, 2.24) is 10.2 Å². The lowest BCUT2D eigenvalue weighted by Crippen LogP contribution is -2.39. The molecule has 1 amide bonds. The van der Waals surface area contributed by atoms with Gasteiger partial charge in [0.05, 0.1) is 0 Å². The molecule has 1 heterocycles. The molecule has 1 aliphatic rings. The van der Waals surface area contributed by atoms with Crippen molar-refractivity contribution in [3.63, 3.8) is 0 Å². The summed E-state index contributed by atoms with van der Waals surface area (Å²) in [6.07, 6.45) is 3.25. The molecule has 0 saturated carbocycles. The lowest BCUT2D eigenvalue weighted by Gasteiger charge is -2.32. The van der Waals surface area contributed by atoms with Crippen LogP contribution in [0, 0.1) is 18.7 Å². The Bertz CT molecular complexity index is 447. The standard InChI is InChI=1S/C16H23FN2O/c1-12-9-14(11-15(17)10-12)16(20)19-7-4-13(5-8-19)3-6-18-2/h9-11,13,18H,3-8H2,1-2H3. The van der Waals surface area contributed by atoms with Crippen molar-refractivity contribution in [3.8, 4) is 0 Å². The van der Waals surface area contributed by atoms with Crippen LogP contribution in [0.3, 0.4) is 0 Å². The van der Waals surface area contributed by atoms with Crippen molar-refractivity contribution in [2.75, 3.05) is 26.7 Å². The van der Waals surface area contributed by atoms with E-state index in [2.05, 4.69) is 5.32 Å². The van der Waals surface area contributed by atoms with E-state index in [4.69, 9.17) is 0 Å². The van der Waals surface area contributed by atoms with Crippen LogP contribution < -0.4 is 5.32 Å². The van der Waals surface area contributed by atoms with E-state index in [0.29, 0.717) is 11.5 Å². The molecule has 0 aromatic heterocycles. The number of nitrogens with zero attached hydrogens (tertiary/aromatic N) is 1. The quantitative estimate of drug-likeness (QED) is 0.918. The Hall–Kier alpha value is -1.42. The van der Waals surface area contributed by atoms with Gasteiger partial charge in [0.2, 0.25) is 0 Å². The first-order valence-electron chi connectivity index (χ1n) is 7.31. The van der Waals surface area contributed by atoms with Crippen LogP contribution >= 0.6 is 0 Å². The van der Waals surface area contributed by atoms with E-state index in [1.807, 2.05) is 18.9 Å². The van der Waals surface area contributed by atoms with Crippen LogP contribution in [0.4, 0.5) is 4.39 Å². The molecule has 1 aromatic carbocycles. The molecule has 0 spiro atoms. The maximum atomic E-state index is 13.4. The van der Waals surface area contributed by atoms with Gasteiger partial charge >= 0.3 is 0 Å². The molecule has 0 unspecified atom stereocenters. The molecule has 20 heavy (non-hydrogen) atoms. The molecule has 110 valence electrons. The van der Waals surface area contributed by atoms with Gasteiger partial charge < -0.3 is 10.2 Å². The highest BCUT2D eigenvalue weighted by Gasteiger charge is 2.23. The Morgan fingerprint density at radius 2 is 2.05 bits per heavy atom. The second kappa shape index (κ2) is 6.84. The molecular formula is C16H23FN2O. The normalized spacial score (nSPS) is 16.4. The van der Waals surface area contributed by atoms with Crippen molar-refractivity contribution >= 4 is 5.91 Å². The van der Waals surface area contributed by atoms with Gasteiger partial charge in [0.25, 0.3) is 5.91 Å². The Balaban J connectivity index is 1.94. The van der Waals surface area contributed by atoms with Gasteiger partial charge in [0.15, 0.2) is 0 Å². The molecule has 3 nitrogen and oxygen atoms in total. The van der Waals surface area contributed by atoms with Crippen molar-refractivity contribution in [1.29, 1.82) is 0 Å². The number of halogens is 1. The van der Waals surface area contributed by atoms with Crippen LogP contribution in [0.15, 0.2) is 18.2 Å². The molecule has 1 aromatic rings. The average molecular weight is 278 g/mol. The van der Waals surface area contributed by atoms with Gasteiger partial charge in [-0.1, -0.05) is 0 Å². The number of aryl methyl sites for hydroxylation is 1. The number of hydrogen-bond acceptors (Lipinski definition) is 2. The van der Waals surface area contributed by atoms with E-state index in [0.717, 1.165) is 44.5 Å². The number of hydrogen-bond donors (Lipinski definition) is 1. The predicted molar refractivity (Wildman–Crippen MR) is 78.3 cm³/mol. The Labute approximate surface area is 120 Å². The summed E-state index contributed by atoms with van der Waals surface area (Å²) in [6.45, 7) is 4.40. The number of amides is 1. The van der Waals surface area contributed by atoms with Gasteiger partial charge in [-0.25, -0.2) is 4.39 Å². The van der Waals surface area contributed by atoms with Gasteiger partial charge in [0, 0.05) is 18.7 Å². The number of nitrogens with one attached hydrogen (secondary N) is 1. The molecule has 1 fully saturated rings. The Morgan fingerprint density at radius 3 is 2.65 bits per heavy atom. The number of carbonyl (C=O) groups excluding carboxylic acids is 1. The largest absolute Gasteiger partial charge is 0.339 e. The van der Waals surface area contributed by atoms with Crippen LogP contribution in [0.2, 0.25) is 0 Å². The predicted octanol–water partition coefficient (Wildman–Crippen LogP) is 2.60. The van der Waals surface area contributed by atoms with Crippen LogP contribution in [0.1, 0.15) is 35.2 Å². The molecule has 1 N–H and O–H groups in total. The van der Waals surface area contributed by atoms with E-state index >= 15 is 0 Å². The second-order valence-electron chi connectivity index (χ2n) is 5.65. The summed E-state index contributed by atoms with van der Waals surface area (Å²) < 4.78 is 13.4. The van der Waals surface area contributed by atoms with Crippen molar-refractivity contribution in [3.05, 3.63) is 35.1 Å². The summed E-state index contributed by atoms with van der Waals surface area (Å²) >= 11 is 0. The van der Waals surface area contributed by atoms with Crippen LogP contribution in [-0.4, -0.2) is 37.5 Å². The number of carbonyl (C=O) groups is 1. The highest BCUT2D eigenvalue weighted by molar-refractivity contribution is 5.94. The number of likely N-dealkylation sites (tertiary alicyclic amines) is 1. The average Bonchev–Trinajstić information content (AvgIpc) is 2.44. The van der Waals surface area contributed by atoms with Gasteiger partial charge in [0.1, 0.15) is 5.82 Å². The van der Waals surface area contributed by atoms with Crippen LogP contribution in [-0.2, 0) is 0 Å². The molecule has 0 bridgehead atoms. The zero-order valence-corrected chi connectivity index (χ0v) is 12.3. The topological polar surface area (TPSA) is 32.3 Å². The van der Waals surface area contributed by atoms with Gasteiger partial charge in [-0.2, -0.15) is 0 Å². The van der Waals surface area contributed by atoms with Crippen molar-refractivity contribution < 1.29 is 9.18 Å². The first-order valence-corrected chi connectivity index (χ1v) is 7.31. The smallest absolute Gasteiger partial charge is 0.253 e. The van der Waals surface area contributed by atoms with Gasteiger partial charge in [-0.05, 0) is 69.5 Å². The summed E-state index contributed by atoms with van der Waals surface area (Å²) in [5.74, 6) is 0.317. The van der Waals surface area contributed by atoms with E-state index < -0.39 is 0 Å². The molecule has 4 heteroatoms. The van der Waals surface area contributed by atoms with Crippen molar-refractivity contribution in [2.45, 2.75) is 26.2 Å². The van der Waals surface area contributed by atoms with E-state index in [1.54, 1.807) is 6.07 Å².